The van der Waals surface area contributed by atoms with Crippen LogP contribution in [0.15, 0.2) is 17.1 Å². The molecule has 1 unspecified atom stereocenters. The van der Waals surface area contributed by atoms with Crippen LogP contribution in [0.2, 0.25) is 0 Å². The molecule has 0 aliphatic carbocycles. The Hall–Kier alpha value is -1.95. The van der Waals surface area contributed by atoms with Gasteiger partial charge in [0, 0.05) is 6.20 Å². The number of hydrogen-bond donors (Lipinski definition) is 3. The molecule has 1 fully saturated rings. The highest BCUT2D eigenvalue weighted by Crippen LogP contribution is 2.40. The van der Waals surface area contributed by atoms with Crippen molar-refractivity contribution in [3.05, 3.63) is 22.7 Å². The lowest BCUT2D eigenvalue weighted by molar-refractivity contribution is -0.0542. The number of nitrogens with two attached hydrogens (primary N) is 1. The van der Waals surface area contributed by atoms with Crippen LogP contribution in [0.4, 0.5) is 10.2 Å². The Morgan fingerprint density at radius 3 is 2.95 bits per heavy atom. The van der Waals surface area contributed by atoms with Crippen molar-refractivity contribution >= 4 is 5.82 Å². The third kappa shape index (κ3) is 1.98. The van der Waals surface area contributed by atoms with Gasteiger partial charge in [-0.1, -0.05) is 5.92 Å². The molecule has 1 aliphatic heterocycles. The lowest BCUT2D eigenvalue weighted by atomic mass is 9.97. The minimum Gasteiger partial charge on any atom is -0.394 e. The average molecular weight is 269 g/mol. The molecular formula is C11H12FN3O4. The largest absolute Gasteiger partial charge is 0.394 e. The van der Waals surface area contributed by atoms with Crippen molar-refractivity contribution in [3.63, 3.8) is 0 Å². The average Bonchev–Trinajstić information content (AvgIpc) is 2.63. The highest BCUT2D eigenvalue weighted by atomic mass is 19.1. The summed E-state index contributed by atoms with van der Waals surface area (Å²) in [5, 5.41) is 18.7. The molecule has 2 heterocycles. The SMILES string of the molecule is C#C[C@]1(F)C(O)[C@@H](CO)O[C@H]1n1ccc(N)nc1=O. The third-order valence-corrected chi connectivity index (χ3v) is 2.95. The zero-order valence-corrected chi connectivity index (χ0v) is 9.73. The Morgan fingerprint density at radius 1 is 1.74 bits per heavy atom. The number of anilines is 1. The molecular weight excluding hydrogens is 257 g/mol. The third-order valence-electron chi connectivity index (χ3n) is 2.95. The fraction of sp³-hybridized carbons (Fsp3) is 0.455. The molecule has 4 N–H and O–H groups in total. The van der Waals surface area contributed by atoms with Gasteiger partial charge in [-0.2, -0.15) is 4.98 Å². The summed E-state index contributed by atoms with van der Waals surface area (Å²) in [6.45, 7) is -0.637. The molecule has 1 aromatic heterocycles. The Morgan fingerprint density at radius 2 is 2.42 bits per heavy atom. The highest BCUT2D eigenvalue weighted by Gasteiger charge is 2.57. The molecule has 0 radical (unpaired) electrons. The van der Waals surface area contributed by atoms with E-state index < -0.39 is 36.4 Å². The van der Waals surface area contributed by atoms with E-state index in [0.29, 0.717) is 0 Å². The summed E-state index contributed by atoms with van der Waals surface area (Å²) in [5.41, 5.74) is 1.81. The van der Waals surface area contributed by atoms with Crippen LogP contribution in [-0.4, -0.2) is 44.2 Å². The number of halogens is 1. The predicted molar refractivity (Wildman–Crippen MR) is 62.6 cm³/mol. The second-order valence-electron chi connectivity index (χ2n) is 4.11. The van der Waals surface area contributed by atoms with Crippen molar-refractivity contribution < 1.29 is 19.3 Å². The van der Waals surface area contributed by atoms with Gasteiger partial charge in [-0.15, -0.1) is 6.42 Å². The normalized spacial score (nSPS) is 34.1. The van der Waals surface area contributed by atoms with Crippen LogP contribution in [-0.2, 0) is 4.74 Å². The van der Waals surface area contributed by atoms with Crippen LogP contribution in [0.1, 0.15) is 6.23 Å². The Bertz CT molecular complexity index is 584. The van der Waals surface area contributed by atoms with Gasteiger partial charge in [-0.25, -0.2) is 9.18 Å². The number of hydrogen-bond acceptors (Lipinski definition) is 6. The summed E-state index contributed by atoms with van der Waals surface area (Å²) in [7, 11) is 0. The van der Waals surface area contributed by atoms with Gasteiger partial charge in [-0.05, 0) is 6.07 Å². The van der Waals surface area contributed by atoms with Gasteiger partial charge >= 0.3 is 5.69 Å². The topological polar surface area (TPSA) is 111 Å². The maximum absolute atomic E-state index is 14.6. The van der Waals surface area contributed by atoms with E-state index in [-0.39, 0.29) is 5.82 Å². The maximum atomic E-state index is 14.6. The number of alkyl halides is 1. The zero-order chi connectivity index (χ0) is 14.2. The minimum absolute atomic E-state index is 0.0383. The molecule has 8 heteroatoms. The molecule has 1 aromatic rings. The number of terminal acetylenes is 1. The van der Waals surface area contributed by atoms with E-state index in [1.54, 1.807) is 5.92 Å². The minimum atomic E-state index is -2.64. The molecule has 102 valence electrons. The molecule has 1 saturated heterocycles. The van der Waals surface area contributed by atoms with E-state index in [2.05, 4.69) is 4.98 Å². The molecule has 7 nitrogen and oxygen atoms in total. The first kappa shape index (κ1) is 13.5. The molecule has 0 spiro atoms. The number of aromatic nitrogens is 2. The molecule has 0 bridgehead atoms. The Labute approximate surface area is 107 Å². The van der Waals surface area contributed by atoms with Gasteiger partial charge < -0.3 is 20.7 Å². The predicted octanol–water partition coefficient (Wildman–Crippen LogP) is -1.58. The van der Waals surface area contributed by atoms with Gasteiger partial charge in [0.2, 0.25) is 5.67 Å². The van der Waals surface area contributed by atoms with Gasteiger partial charge in [-0.3, -0.25) is 4.57 Å². The first-order valence-corrected chi connectivity index (χ1v) is 5.39. The van der Waals surface area contributed by atoms with Crippen molar-refractivity contribution in [1.29, 1.82) is 0 Å². The van der Waals surface area contributed by atoms with Crippen LogP contribution in [0, 0.1) is 12.3 Å². The number of rotatable bonds is 2. The molecule has 0 aromatic carbocycles. The molecule has 4 atom stereocenters. The van der Waals surface area contributed by atoms with Crippen molar-refractivity contribution in [2.75, 3.05) is 12.3 Å². The number of nitrogen functional groups attached to an aromatic ring is 1. The van der Waals surface area contributed by atoms with E-state index in [0.717, 1.165) is 10.8 Å². The number of aliphatic hydroxyl groups is 2. The van der Waals surface area contributed by atoms with Gasteiger partial charge in [0.15, 0.2) is 6.23 Å². The van der Waals surface area contributed by atoms with Crippen LogP contribution < -0.4 is 11.4 Å². The summed E-state index contributed by atoms with van der Waals surface area (Å²) in [6.07, 6.45) is 1.68. The smallest absolute Gasteiger partial charge is 0.351 e. The van der Waals surface area contributed by atoms with Crippen molar-refractivity contribution in [2.24, 2.45) is 0 Å². The number of ether oxygens (including phenoxy) is 1. The summed E-state index contributed by atoms with van der Waals surface area (Å²) in [6, 6.07) is 1.26. The highest BCUT2D eigenvalue weighted by molar-refractivity contribution is 5.25. The van der Waals surface area contributed by atoms with Crippen LogP contribution >= 0.6 is 0 Å². The molecule has 19 heavy (non-hydrogen) atoms. The second-order valence-corrected chi connectivity index (χ2v) is 4.11. The van der Waals surface area contributed by atoms with Crippen molar-refractivity contribution in [3.8, 4) is 12.3 Å². The zero-order valence-electron chi connectivity index (χ0n) is 9.73. The van der Waals surface area contributed by atoms with Gasteiger partial charge in [0.25, 0.3) is 0 Å². The van der Waals surface area contributed by atoms with Gasteiger partial charge in [0.05, 0.1) is 6.61 Å². The summed E-state index contributed by atoms with van der Waals surface area (Å²) < 4.78 is 20.4. The van der Waals surface area contributed by atoms with Gasteiger partial charge in [0.1, 0.15) is 18.0 Å². The van der Waals surface area contributed by atoms with Crippen LogP contribution in [0.25, 0.3) is 0 Å². The Balaban J connectivity index is 2.49. The van der Waals surface area contributed by atoms with Crippen molar-refractivity contribution in [2.45, 2.75) is 24.1 Å². The molecule has 1 aliphatic rings. The summed E-state index contributed by atoms with van der Waals surface area (Å²) in [4.78, 5) is 15.1. The van der Waals surface area contributed by atoms with E-state index in [1.165, 1.54) is 6.07 Å². The number of aliphatic hydroxyl groups excluding tert-OH is 2. The van der Waals surface area contributed by atoms with E-state index in [1.807, 2.05) is 0 Å². The standard InChI is InChI=1S/C11H12FN3O4/c1-2-11(12)8(17)6(5-16)19-9(11)15-4-3-7(13)14-10(15)18/h1,3-4,6,8-9,16-17H,5H2,(H2,13,14,18)/t6-,8?,9-,11+/m1/s1. The fourth-order valence-corrected chi connectivity index (χ4v) is 1.93. The van der Waals surface area contributed by atoms with Crippen molar-refractivity contribution in [1.82, 2.24) is 9.55 Å². The van der Waals surface area contributed by atoms with E-state index in [4.69, 9.17) is 22.0 Å². The lowest BCUT2D eigenvalue weighted by Gasteiger charge is -2.23. The molecule has 0 amide bonds. The lowest BCUT2D eigenvalue weighted by Crippen LogP contribution is -2.44. The monoisotopic (exact) mass is 269 g/mol. The number of nitrogens with zero attached hydrogens (tertiary/aromatic N) is 2. The van der Waals surface area contributed by atoms with Crippen LogP contribution in [0.5, 0.6) is 0 Å². The first-order valence-electron chi connectivity index (χ1n) is 5.39. The quantitative estimate of drug-likeness (QED) is 0.559. The maximum Gasteiger partial charge on any atom is 0.351 e. The van der Waals surface area contributed by atoms with Crippen LogP contribution in [0.3, 0.4) is 0 Å². The van der Waals surface area contributed by atoms with E-state index in [9.17, 15) is 14.3 Å². The molecule has 2 rings (SSSR count). The second kappa shape index (κ2) is 4.62. The Kier molecular flexibility index (Phi) is 3.28. The first-order chi connectivity index (χ1) is 8.93. The summed E-state index contributed by atoms with van der Waals surface area (Å²) >= 11 is 0. The fourth-order valence-electron chi connectivity index (χ4n) is 1.93. The summed E-state index contributed by atoms with van der Waals surface area (Å²) in [5.74, 6) is 1.73. The van der Waals surface area contributed by atoms with E-state index >= 15 is 0 Å². The molecule has 0 saturated carbocycles.